The van der Waals surface area contributed by atoms with Gasteiger partial charge in [0.25, 0.3) is 0 Å². The molecule has 3 aromatic rings. The second-order valence-electron chi connectivity index (χ2n) is 5.29. The lowest BCUT2D eigenvalue weighted by atomic mass is 9.91. The normalized spacial score (nSPS) is 17.6. The smallest absolute Gasteiger partial charge is 0.0102 e. The second kappa shape index (κ2) is 4.24. The maximum absolute atomic E-state index is 3.61. The van der Waals surface area contributed by atoms with Gasteiger partial charge in [-0.3, -0.25) is 0 Å². The maximum Gasteiger partial charge on any atom is 0.0102 e. The molecule has 0 saturated carbocycles. The van der Waals surface area contributed by atoms with Gasteiger partial charge < -0.3 is 0 Å². The lowest BCUT2D eigenvalue weighted by Gasteiger charge is -2.12. The average molecular weight is 243 g/mol. The van der Waals surface area contributed by atoms with Gasteiger partial charge in [0.15, 0.2) is 0 Å². The minimum absolute atomic E-state index is 0.529. The molecule has 1 aliphatic rings. The standard InChI is InChI=1S/C19H15/c1-2-7-16-13-17(10-9-14(16)5-1)19-12-11-15-6-3-4-8-18(15)19/h1-10,19H,11-12H2. The van der Waals surface area contributed by atoms with Gasteiger partial charge >= 0.3 is 0 Å². The molecule has 4 rings (SSSR count). The first kappa shape index (κ1) is 10.8. The van der Waals surface area contributed by atoms with Crippen molar-refractivity contribution in [1.82, 2.24) is 0 Å². The predicted molar refractivity (Wildman–Crippen MR) is 79.4 cm³/mol. The molecule has 0 saturated heterocycles. The maximum atomic E-state index is 3.61. The van der Waals surface area contributed by atoms with Crippen molar-refractivity contribution >= 4 is 10.8 Å². The number of hydrogen-bond acceptors (Lipinski definition) is 0. The van der Waals surface area contributed by atoms with E-state index < -0.39 is 0 Å². The molecule has 1 unspecified atom stereocenters. The van der Waals surface area contributed by atoms with Crippen LogP contribution >= 0.6 is 0 Å². The average Bonchev–Trinajstić information content (AvgIpc) is 2.91. The Balaban J connectivity index is 1.83. The van der Waals surface area contributed by atoms with E-state index in [0.29, 0.717) is 5.92 Å². The Bertz CT molecular complexity index is 740. The lowest BCUT2D eigenvalue weighted by Crippen LogP contribution is -1.96. The molecule has 0 amide bonds. The molecule has 0 spiro atoms. The van der Waals surface area contributed by atoms with Crippen LogP contribution in [0.4, 0.5) is 0 Å². The number of aryl methyl sites for hydroxylation is 1. The van der Waals surface area contributed by atoms with E-state index in [9.17, 15) is 0 Å². The fraction of sp³-hybridized carbons (Fsp3) is 0.158. The van der Waals surface area contributed by atoms with Gasteiger partial charge in [-0.2, -0.15) is 0 Å². The van der Waals surface area contributed by atoms with Crippen molar-refractivity contribution in [2.45, 2.75) is 18.8 Å². The van der Waals surface area contributed by atoms with Gasteiger partial charge in [-0.25, -0.2) is 0 Å². The molecule has 0 heteroatoms. The zero-order chi connectivity index (χ0) is 12.7. The third-order valence-corrected chi connectivity index (χ3v) is 4.19. The summed E-state index contributed by atoms with van der Waals surface area (Å²) in [5, 5.41) is 2.50. The molecule has 19 heavy (non-hydrogen) atoms. The first-order valence-corrected chi connectivity index (χ1v) is 6.90. The quantitative estimate of drug-likeness (QED) is 0.580. The number of rotatable bonds is 1. The molecule has 91 valence electrons. The summed E-state index contributed by atoms with van der Waals surface area (Å²) in [7, 11) is 0. The fourth-order valence-electron chi connectivity index (χ4n) is 3.22. The van der Waals surface area contributed by atoms with E-state index in [-0.39, 0.29) is 0 Å². The first-order chi connectivity index (χ1) is 9.42. The Labute approximate surface area is 113 Å². The van der Waals surface area contributed by atoms with Crippen LogP contribution in [0.3, 0.4) is 0 Å². The summed E-state index contributed by atoms with van der Waals surface area (Å²) in [6.07, 6.45) is 2.41. The summed E-state index contributed by atoms with van der Waals surface area (Å²) in [4.78, 5) is 0. The molecule has 3 aromatic carbocycles. The van der Waals surface area contributed by atoms with Crippen molar-refractivity contribution < 1.29 is 0 Å². The number of hydrogen-bond donors (Lipinski definition) is 0. The van der Waals surface area contributed by atoms with Gasteiger partial charge in [-0.1, -0.05) is 60.7 Å². The molecule has 0 aromatic heterocycles. The highest BCUT2D eigenvalue weighted by Crippen LogP contribution is 2.38. The van der Waals surface area contributed by atoms with E-state index >= 15 is 0 Å². The Kier molecular flexibility index (Phi) is 2.41. The summed E-state index contributed by atoms with van der Waals surface area (Å²) in [6.45, 7) is 0. The minimum atomic E-state index is 0.529. The van der Waals surface area contributed by atoms with Crippen LogP contribution < -0.4 is 0 Å². The fourth-order valence-corrected chi connectivity index (χ4v) is 3.22. The van der Waals surface area contributed by atoms with E-state index in [4.69, 9.17) is 0 Å². The van der Waals surface area contributed by atoms with Crippen molar-refractivity contribution in [2.75, 3.05) is 0 Å². The van der Waals surface area contributed by atoms with Gasteiger partial charge in [-0.05, 0) is 46.4 Å². The summed E-state index contributed by atoms with van der Waals surface area (Å²) < 4.78 is 0. The molecule has 0 fully saturated rings. The van der Waals surface area contributed by atoms with Crippen molar-refractivity contribution in [3.8, 4) is 0 Å². The molecular weight excluding hydrogens is 228 g/mol. The van der Waals surface area contributed by atoms with E-state index in [1.165, 1.54) is 40.3 Å². The molecular formula is C19H15. The Morgan fingerprint density at radius 1 is 0.842 bits per heavy atom. The second-order valence-corrected chi connectivity index (χ2v) is 5.29. The van der Waals surface area contributed by atoms with Gasteiger partial charge in [-0.15, -0.1) is 0 Å². The summed E-state index contributed by atoms with van der Waals surface area (Å²) >= 11 is 0. The van der Waals surface area contributed by atoms with Crippen LogP contribution in [-0.2, 0) is 6.42 Å². The Hall–Kier alpha value is -2.08. The van der Waals surface area contributed by atoms with Gasteiger partial charge in [0.05, 0.1) is 0 Å². The van der Waals surface area contributed by atoms with Crippen LogP contribution in [0.15, 0.2) is 60.7 Å². The number of benzene rings is 3. The molecule has 0 bridgehead atoms. The highest BCUT2D eigenvalue weighted by molar-refractivity contribution is 5.82. The zero-order valence-corrected chi connectivity index (χ0v) is 10.8. The molecule has 0 nitrogen and oxygen atoms in total. The minimum Gasteiger partial charge on any atom is -0.0620 e. The van der Waals surface area contributed by atoms with Crippen molar-refractivity contribution in [3.05, 3.63) is 83.4 Å². The van der Waals surface area contributed by atoms with Crippen LogP contribution in [0, 0.1) is 6.07 Å². The summed E-state index contributed by atoms with van der Waals surface area (Å²) in [5.74, 6) is 0.529. The van der Waals surface area contributed by atoms with E-state index in [1.807, 2.05) is 0 Å². The Morgan fingerprint density at radius 3 is 2.68 bits per heavy atom. The van der Waals surface area contributed by atoms with Gasteiger partial charge in [0, 0.05) is 5.92 Å². The van der Waals surface area contributed by atoms with E-state index in [2.05, 4.69) is 66.7 Å². The monoisotopic (exact) mass is 243 g/mol. The van der Waals surface area contributed by atoms with Gasteiger partial charge in [0.1, 0.15) is 0 Å². The van der Waals surface area contributed by atoms with E-state index in [0.717, 1.165) is 0 Å². The van der Waals surface area contributed by atoms with Crippen LogP contribution in [0.25, 0.3) is 10.8 Å². The third kappa shape index (κ3) is 1.76. The van der Waals surface area contributed by atoms with E-state index in [1.54, 1.807) is 0 Å². The molecule has 0 aliphatic heterocycles. The molecule has 1 radical (unpaired) electrons. The lowest BCUT2D eigenvalue weighted by molar-refractivity contribution is 0.788. The van der Waals surface area contributed by atoms with Crippen molar-refractivity contribution in [3.63, 3.8) is 0 Å². The van der Waals surface area contributed by atoms with Crippen LogP contribution in [-0.4, -0.2) is 0 Å². The van der Waals surface area contributed by atoms with Gasteiger partial charge in [0.2, 0.25) is 0 Å². The van der Waals surface area contributed by atoms with Crippen molar-refractivity contribution in [1.29, 1.82) is 0 Å². The predicted octanol–water partition coefficient (Wildman–Crippen LogP) is 4.72. The molecule has 0 N–H and O–H groups in total. The summed E-state index contributed by atoms with van der Waals surface area (Å²) in [5.41, 5.74) is 4.34. The third-order valence-electron chi connectivity index (χ3n) is 4.19. The van der Waals surface area contributed by atoms with Crippen LogP contribution in [0.1, 0.15) is 29.0 Å². The summed E-state index contributed by atoms with van der Waals surface area (Å²) in [6, 6.07) is 25.4. The van der Waals surface area contributed by atoms with Crippen molar-refractivity contribution in [2.24, 2.45) is 0 Å². The topological polar surface area (TPSA) is 0 Å². The molecule has 1 aliphatic carbocycles. The number of fused-ring (bicyclic) bond motifs is 2. The largest absolute Gasteiger partial charge is 0.0620 e. The Morgan fingerprint density at radius 2 is 1.68 bits per heavy atom. The van der Waals surface area contributed by atoms with Crippen LogP contribution in [0.5, 0.6) is 0 Å². The SMILES string of the molecule is [c]1c(C2CCc3ccccc32)ccc2ccccc12. The van der Waals surface area contributed by atoms with Crippen LogP contribution in [0.2, 0.25) is 0 Å². The molecule has 1 atom stereocenters. The highest BCUT2D eigenvalue weighted by Gasteiger charge is 2.23. The molecule has 0 heterocycles. The highest BCUT2D eigenvalue weighted by atomic mass is 14.3. The zero-order valence-electron chi connectivity index (χ0n) is 10.8. The first-order valence-electron chi connectivity index (χ1n) is 6.90.